The molecule has 0 unspecified atom stereocenters. The van der Waals surface area contributed by atoms with Gasteiger partial charge in [-0.2, -0.15) is 0 Å². The highest BCUT2D eigenvalue weighted by atomic mass is 16.5. The van der Waals surface area contributed by atoms with Crippen LogP contribution in [-0.2, 0) is 17.9 Å². The van der Waals surface area contributed by atoms with E-state index >= 15 is 0 Å². The molecule has 0 aliphatic carbocycles. The maximum Gasteiger partial charge on any atom is 0.253 e. The second-order valence-electron chi connectivity index (χ2n) is 8.88. The molecule has 0 bridgehead atoms. The van der Waals surface area contributed by atoms with Crippen LogP contribution in [0.25, 0.3) is 5.65 Å². The van der Waals surface area contributed by atoms with Crippen molar-refractivity contribution in [3.05, 3.63) is 89.8 Å². The number of carbonyl (C=O) groups excluding carboxylic acids is 2. The number of rotatable bonds is 7. The lowest BCUT2D eigenvalue weighted by atomic mass is 9.95. The highest BCUT2D eigenvalue weighted by molar-refractivity contribution is 5.94. The monoisotopic (exact) mass is 472 g/mol. The standard InChI is InChI=1S/C27H28N4O4/c1-19-4-9-25-29-22(17-31(25)16-19)18-35-23-7-5-21(6-8-23)27(33)30-12-10-20(11-13-30)26(32)28-15-24-3-2-14-34-24/h2-9,14,16-17,20H,10-13,15,18H2,1H3,(H,28,32). The molecule has 5 rings (SSSR count). The van der Waals surface area contributed by atoms with Crippen molar-refractivity contribution >= 4 is 17.5 Å². The van der Waals surface area contributed by atoms with Crippen molar-refractivity contribution in [1.29, 1.82) is 0 Å². The van der Waals surface area contributed by atoms with Crippen LogP contribution in [0.1, 0.15) is 40.2 Å². The Bertz CT molecular complexity index is 1300. The molecule has 8 nitrogen and oxygen atoms in total. The maximum atomic E-state index is 12.9. The van der Waals surface area contributed by atoms with Gasteiger partial charge in [-0.25, -0.2) is 4.98 Å². The average molecular weight is 473 g/mol. The highest BCUT2D eigenvalue weighted by Crippen LogP contribution is 2.21. The Morgan fingerprint density at radius 1 is 1.09 bits per heavy atom. The van der Waals surface area contributed by atoms with Crippen LogP contribution >= 0.6 is 0 Å². The van der Waals surface area contributed by atoms with Crippen LogP contribution in [0.5, 0.6) is 5.75 Å². The first kappa shape index (κ1) is 22.7. The molecule has 1 aliphatic rings. The molecular formula is C27H28N4O4. The molecule has 1 fully saturated rings. The Balaban J connectivity index is 1.10. The van der Waals surface area contributed by atoms with Crippen LogP contribution in [0, 0.1) is 12.8 Å². The van der Waals surface area contributed by atoms with Gasteiger partial charge in [0.25, 0.3) is 5.91 Å². The number of hydrogen-bond donors (Lipinski definition) is 1. The molecule has 0 atom stereocenters. The summed E-state index contributed by atoms with van der Waals surface area (Å²) in [5.74, 6) is 1.30. The third-order valence-electron chi connectivity index (χ3n) is 6.31. The zero-order valence-electron chi connectivity index (χ0n) is 19.6. The molecule has 0 radical (unpaired) electrons. The minimum atomic E-state index is -0.0895. The van der Waals surface area contributed by atoms with E-state index in [0.29, 0.717) is 50.4 Å². The van der Waals surface area contributed by atoms with Crippen LogP contribution in [0.3, 0.4) is 0 Å². The van der Waals surface area contributed by atoms with Gasteiger partial charge in [-0.05, 0) is 67.8 Å². The van der Waals surface area contributed by atoms with Gasteiger partial charge in [-0.1, -0.05) is 6.07 Å². The Morgan fingerprint density at radius 3 is 2.63 bits per heavy atom. The number of hydrogen-bond acceptors (Lipinski definition) is 5. The average Bonchev–Trinajstić information content (AvgIpc) is 3.55. The summed E-state index contributed by atoms with van der Waals surface area (Å²) in [5.41, 5.74) is 3.50. The summed E-state index contributed by atoms with van der Waals surface area (Å²) in [6.45, 7) is 3.90. The molecule has 0 saturated carbocycles. The number of amides is 2. The molecule has 4 heterocycles. The number of carbonyl (C=O) groups is 2. The number of pyridine rings is 1. The van der Waals surface area contributed by atoms with Crippen LogP contribution in [-0.4, -0.2) is 39.2 Å². The SMILES string of the molecule is Cc1ccc2nc(COc3ccc(C(=O)N4CCC(C(=O)NCc5ccco5)CC4)cc3)cn2c1. The second kappa shape index (κ2) is 10.0. The molecule has 8 heteroatoms. The normalized spacial score (nSPS) is 14.3. The number of fused-ring (bicyclic) bond motifs is 1. The number of aryl methyl sites for hydroxylation is 1. The summed E-state index contributed by atoms with van der Waals surface area (Å²) in [5, 5.41) is 2.91. The summed E-state index contributed by atoms with van der Waals surface area (Å²) in [6.07, 6.45) is 6.88. The fourth-order valence-electron chi connectivity index (χ4n) is 4.34. The van der Waals surface area contributed by atoms with Crippen LogP contribution in [0.15, 0.2) is 71.6 Å². The number of ether oxygens (including phenoxy) is 1. The predicted octanol–water partition coefficient (Wildman–Crippen LogP) is 3.98. The number of benzene rings is 1. The highest BCUT2D eigenvalue weighted by Gasteiger charge is 2.27. The van der Waals surface area contributed by atoms with Crippen LogP contribution in [0.2, 0.25) is 0 Å². The first-order chi connectivity index (χ1) is 17.0. The van der Waals surface area contributed by atoms with Gasteiger partial charge in [0.05, 0.1) is 18.5 Å². The van der Waals surface area contributed by atoms with Crippen LogP contribution < -0.4 is 10.1 Å². The first-order valence-electron chi connectivity index (χ1n) is 11.8. The Labute approximate surface area is 203 Å². The molecule has 2 amide bonds. The molecule has 1 aliphatic heterocycles. The molecular weight excluding hydrogens is 444 g/mol. The zero-order valence-corrected chi connectivity index (χ0v) is 19.6. The summed E-state index contributed by atoms with van der Waals surface area (Å²) in [6, 6.07) is 14.8. The van der Waals surface area contributed by atoms with Gasteiger partial charge in [0.15, 0.2) is 0 Å². The Hall–Kier alpha value is -4.07. The number of furan rings is 1. The summed E-state index contributed by atoms with van der Waals surface area (Å²) >= 11 is 0. The topological polar surface area (TPSA) is 89.1 Å². The number of piperidine rings is 1. The van der Waals surface area contributed by atoms with Crippen molar-refractivity contribution in [2.24, 2.45) is 5.92 Å². The maximum absolute atomic E-state index is 12.9. The van der Waals surface area contributed by atoms with Gasteiger partial charge in [0.1, 0.15) is 23.8 Å². The molecule has 1 saturated heterocycles. The molecule has 180 valence electrons. The minimum absolute atomic E-state index is 0.00995. The van der Waals surface area contributed by atoms with Crippen molar-refractivity contribution in [3.63, 3.8) is 0 Å². The fourth-order valence-corrected chi connectivity index (χ4v) is 4.34. The Morgan fingerprint density at radius 2 is 1.89 bits per heavy atom. The van der Waals surface area contributed by atoms with Gasteiger partial charge >= 0.3 is 0 Å². The molecule has 35 heavy (non-hydrogen) atoms. The van der Waals surface area contributed by atoms with Crippen molar-refractivity contribution in [3.8, 4) is 5.75 Å². The number of imidazole rings is 1. The van der Waals surface area contributed by atoms with E-state index in [2.05, 4.69) is 10.3 Å². The summed E-state index contributed by atoms with van der Waals surface area (Å²) in [4.78, 5) is 31.7. The van der Waals surface area contributed by atoms with Gasteiger partial charge in [0.2, 0.25) is 5.91 Å². The van der Waals surface area contributed by atoms with E-state index in [1.165, 1.54) is 5.56 Å². The third kappa shape index (κ3) is 5.37. The van der Waals surface area contributed by atoms with E-state index in [4.69, 9.17) is 9.15 Å². The Kier molecular flexibility index (Phi) is 6.52. The summed E-state index contributed by atoms with van der Waals surface area (Å²) in [7, 11) is 0. The lowest BCUT2D eigenvalue weighted by Gasteiger charge is -2.31. The smallest absolute Gasteiger partial charge is 0.253 e. The first-order valence-corrected chi connectivity index (χ1v) is 11.8. The fraction of sp³-hybridized carbons (Fsp3) is 0.296. The van der Waals surface area contributed by atoms with E-state index in [-0.39, 0.29) is 17.7 Å². The zero-order chi connectivity index (χ0) is 24.2. The van der Waals surface area contributed by atoms with Crippen molar-refractivity contribution in [2.45, 2.75) is 32.9 Å². The molecule has 4 aromatic rings. The van der Waals surface area contributed by atoms with Gasteiger partial charge in [-0.15, -0.1) is 0 Å². The predicted molar refractivity (Wildman–Crippen MR) is 130 cm³/mol. The van der Waals surface area contributed by atoms with E-state index in [1.807, 2.05) is 58.9 Å². The summed E-state index contributed by atoms with van der Waals surface area (Å²) < 4.78 is 13.1. The molecule has 3 aromatic heterocycles. The number of nitrogens with one attached hydrogen (secondary N) is 1. The largest absolute Gasteiger partial charge is 0.487 e. The number of aromatic nitrogens is 2. The molecule has 0 spiro atoms. The second-order valence-corrected chi connectivity index (χ2v) is 8.88. The van der Waals surface area contributed by atoms with E-state index in [1.54, 1.807) is 24.5 Å². The quantitative estimate of drug-likeness (QED) is 0.440. The molecule has 1 aromatic carbocycles. The van der Waals surface area contributed by atoms with Gasteiger partial charge in [-0.3, -0.25) is 9.59 Å². The van der Waals surface area contributed by atoms with Gasteiger partial charge < -0.3 is 23.8 Å². The number of likely N-dealkylation sites (tertiary alicyclic amines) is 1. The lowest BCUT2D eigenvalue weighted by molar-refractivity contribution is -0.126. The number of nitrogens with zero attached hydrogens (tertiary/aromatic N) is 3. The lowest BCUT2D eigenvalue weighted by Crippen LogP contribution is -2.42. The van der Waals surface area contributed by atoms with Crippen molar-refractivity contribution < 1.29 is 18.7 Å². The van der Waals surface area contributed by atoms with E-state index in [0.717, 1.165) is 17.1 Å². The van der Waals surface area contributed by atoms with Crippen LogP contribution in [0.4, 0.5) is 0 Å². The van der Waals surface area contributed by atoms with E-state index < -0.39 is 0 Å². The minimum Gasteiger partial charge on any atom is -0.487 e. The third-order valence-corrected chi connectivity index (χ3v) is 6.31. The van der Waals surface area contributed by atoms with Crippen molar-refractivity contribution in [1.82, 2.24) is 19.6 Å². The van der Waals surface area contributed by atoms with E-state index in [9.17, 15) is 9.59 Å². The molecule has 1 N–H and O–H groups in total. The van der Waals surface area contributed by atoms with Gasteiger partial charge in [0, 0.05) is 37.0 Å². The van der Waals surface area contributed by atoms with Crippen molar-refractivity contribution in [2.75, 3.05) is 13.1 Å².